The average Bonchev–Trinajstić information content (AvgIpc) is 2.62. The number of hydrogen-bond acceptors (Lipinski definition) is 2. The summed E-state index contributed by atoms with van der Waals surface area (Å²) in [6.45, 7) is 0. The molecule has 0 aromatic heterocycles. The molecule has 12 heavy (non-hydrogen) atoms. The van der Waals surface area contributed by atoms with Crippen molar-refractivity contribution in [1.82, 2.24) is 0 Å². The molecule has 1 saturated carbocycles. The molecule has 0 spiro atoms. The van der Waals surface area contributed by atoms with Crippen molar-refractivity contribution >= 4 is 21.9 Å². The van der Waals surface area contributed by atoms with Crippen LogP contribution in [-0.2, 0) is 9.53 Å². The molecule has 2 bridgehead atoms. The molecule has 1 fully saturated rings. The minimum Gasteiger partial charge on any atom is -0.468 e. The third kappa shape index (κ3) is 0.954. The molecule has 0 aromatic rings. The Morgan fingerprint density at radius 2 is 2.42 bits per heavy atom. The summed E-state index contributed by atoms with van der Waals surface area (Å²) in [5.41, 5.74) is 0. The van der Waals surface area contributed by atoms with Crippen molar-refractivity contribution in [2.75, 3.05) is 7.11 Å². The van der Waals surface area contributed by atoms with E-state index in [4.69, 9.17) is 4.74 Å². The largest absolute Gasteiger partial charge is 0.468 e. The Labute approximate surface area is 80.1 Å². The van der Waals surface area contributed by atoms with Crippen LogP contribution < -0.4 is 0 Å². The van der Waals surface area contributed by atoms with Gasteiger partial charge in [-0.25, -0.2) is 0 Å². The lowest BCUT2D eigenvalue weighted by atomic mass is 9.93. The van der Waals surface area contributed by atoms with Crippen LogP contribution in [0.3, 0.4) is 0 Å². The Bertz CT molecular complexity index is 249. The van der Waals surface area contributed by atoms with E-state index in [0.29, 0.717) is 11.8 Å². The van der Waals surface area contributed by atoms with E-state index in [9.17, 15) is 4.79 Å². The van der Waals surface area contributed by atoms with E-state index in [-0.39, 0.29) is 5.97 Å². The lowest BCUT2D eigenvalue weighted by Gasteiger charge is -2.25. The molecule has 0 aliphatic heterocycles. The van der Waals surface area contributed by atoms with Crippen LogP contribution in [0.4, 0.5) is 0 Å². The molecule has 2 aliphatic carbocycles. The van der Waals surface area contributed by atoms with Gasteiger partial charge in [-0.3, -0.25) is 4.79 Å². The first-order chi connectivity index (χ1) is 5.66. The zero-order valence-electron chi connectivity index (χ0n) is 6.92. The Balaban J connectivity index is 2.23. The van der Waals surface area contributed by atoms with Crippen LogP contribution in [-0.4, -0.2) is 17.4 Å². The summed E-state index contributed by atoms with van der Waals surface area (Å²) < 4.78 is 4.35. The molecule has 0 aromatic carbocycles. The van der Waals surface area contributed by atoms with Crippen LogP contribution in [0.5, 0.6) is 0 Å². The van der Waals surface area contributed by atoms with E-state index in [1.807, 2.05) is 0 Å². The summed E-state index contributed by atoms with van der Waals surface area (Å²) in [5, 5.41) is 0. The van der Waals surface area contributed by atoms with Crippen LogP contribution in [0.2, 0.25) is 0 Å². The number of alkyl halides is 1. The highest BCUT2D eigenvalue weighted by Crippen LogP contribution is 2.51. The summed E-state index contributed by atoms with van der Waals surface area (Å²) in [4.78, 5) is 11.4. The minimum atomic E-state index is -0.416. The molecule has 0 heterocycles. The lowest BCUT2D eigenvalue weighted by Crippen LogP contribution is -2.37. The quantitative estimate of drug-likeness (QED) is 0.391. The molecule has 0 N–H and O–H groups in total. The molecule has 66 valence electrons. The van der Waals surface area contributed by atoms with Crippen molar-refractivity contribution in [2.24, 2.45) is 11.8 Å². The first kappa shape index (κ1) is 8.30. The van der Waals surface area contributed by atoms with Crippen molar-refractivity contribution in [2.45, 2.75) is 17.2 Å². The Kier molecular flexibility index (Phi) is 1.79. The molecule has 0 radical (unpaired) electrons. The number of ether oxygens (including phenoxy) is 1. The predicted octanol–water partition coefficient (Wildman–Crippen LogP) is 1.89. The van der Waals surface area contributed by atoms with E-state index < -0.39 is 4.32 Å². The molecule has 2 nitrogen and oxygen atoms in total. The standard InChI is InChI=1S/C9H11BrO2/c1-12-8(11)9(10)5-6-2-3-7(9)4-6/h2-3,6-7H,4-5H2,1H3. The number of rotatable bonds is 1. The molecule has 2 aliphatic rings. The number of carbonyl (C=O) groups is 1. The molecular weight excluding hydrogens is 220 g/mol. The molecule has 0 saturated heterocycles. The van der Waals surface area contributed by atoms with E-state index in [2.05, 4.69) is 28.1 Å². The molecule has 3 atom stereocenters. The summed E-state index contributed by atoms with van der Waals surface area (Å²) >= 11 is 3.50. The Morgan fingerprint density at radius 3 is 2.83 bits per heavy atom. The normalized spacial score (nSPS) is 43.5. The smallest absolute Gasteiger partial charge is 0.323 e. The van der Waals surface area contributed by atoms with E-state index >= 15 is 0 Å². The van der Waals surface area contributed by atoms with Gasteiger partial charge in [-0.05, 0) is 18.8 Å². The van der Waals surface area contributed by atoms with Crippen LogP contribution in [0, 0.1) is 11.8 Å². The van der Waals surface area contributed by atoms with E-state index in [1.165, 1.54) is 7.11 Å². The van der Waals surface area contributed by atoms with Gasteiger partial charge in [-0.15, -0.1) is 0 Å². The number of methoxy groups -OCH3 is 1. The van der Waals surface area contributed by atoms with Gasteiger partial charge in [0.15, 0.2) is 0 Å². The van der Waals surface area contributed by atoms with Crippen molar-refractivity contribution in [3.63, 3.8) is 0 Å². The highest BCUT2D eigenvalue weighted by molar-refractivity contribution is 9.10. The van der Waals surface area contributed by atoms with E-state index in [0.717, 1.165) is 12.8 Å². The van der Waals surface area contributed by atoms with Crippen LogP contribution in [0.15, 0.2) is 12.2 Å². The first-order valence-electron chi connectivity index (χ1n) is 4.12. The maximum Gasteiger partial charge on any atom is 0.323 e. The Morgan fingerprint density at radius 1 is 1.67 bits per heavy atom. The van der Waals surface area contributed by atoms with Gasteiger partial charge in [0, 0.05) is 5.92 Å². The van der Waals surface area contributed by atoms with Crippen molar-refractivity contribution < 1.29 is 9.53 Å². The van der Waals surface area contributed by atoms with Crippen molar-refractivity contribution in [3.05, 3.63) is 12.2 Å². The Hall–Kier alpha value is -0.310. The summed E-state index contributed by atoms with van der Waals surface area (Å²) in [7, 11) is 1.45. The minimum absolute atomic E-state index is 0.126. The van der Waals surface area contributed by atoms with Gasteiger partial charge in [0.2, 0.25) is 0 Å². The summed E-state index contributed by atoms with van der Waals surface area (Å²) in [6, 6.07) is 0. The maximum atomic E-state index is 11.4. The zero-order valence-corrected chi connectivity index (χ0v) is 8.50. The molecule has 3 unspecified atom stereocenters. The number of halogens is 1. The topological polar surface area (TPSA) is 26.3 Å². The van der Waals surface area contributed by atoms with Gasteiger partial charge in [-0.2, -0.15) is 0 Å². The number of hydrogen-bond donors (Lipinski definition) is 0. The van der Waals surface area contributed by atoms with Gasteiger partial charge in [0.05, 0.1) is 7.11 Å². The lowest BCUT2D eigenvalue weighted by molar-refractivity contribution is -0.144. The van der Waals surface area contributed by atoms with E-state index in [1.54, 1.807) is 0 Å². The average molecular weight is 231 g/mol. The monoisotopic (exact) mass is 230 g/mol. The van der Waals surface area contributed by atoms with Crippen LogP contribution >= 0.6 is 15.9 Å². The predicted molar refractivity (Wildman–Crippen MR) is 49.0 cm³/mol. The molecule has 2 rings (SSSR count). The molecule has 3 heteroatoms. The number of allylic oxidation sites excluding steroid dienone is 2. The second kappa shape index (κ2) is 2.59. The highest BCUT2D eigenvalue weighted by atomic mass is 79.9. The second-order valence-corrected chi connectivity index (χ2v) is 4.96. The fourth-order valence-corrected chi connectivity index (χ4v) is 3.12. The molecule has 0 amide bonds. The second-order valence-electron chi connectivity index (χ2n) is 3.55. The van der Waals surface area contributed by atoms with Gasteiger partial charge in [0.25, 0.3) is 0 Å². The molecular formula is C9H11BrO2. The SMILES string of the molecule is COC(=O)C1(Br)CC2C=CC1C2. The third-order valence-electron chi connectivity index (χ3n) is 2.84. The van der Waals surface area contributed by atoms with Crippen LogP contribution in [0.25, 0.3) is 0 Å². The van der Waals surface area contributed by atoms with Crippen LogP contribution in [0.1, 0.15) is 12.8 Å². The maximum absolute atomic E-state index is 11.4. The third-order valence-corrected chi connectivity index (χ3v) is 4.08. The first-order valence-corrected chi connectivity index (χ1v) is 4.92. The van der Waals surface area contributed by atoms with Crippen molar-refractivity contribution in [3.8, 4) is 0 Å². The van der Waals surface area contributed by atoms with Gasteiger partial charge < -0.3 is 4.74 Å². The van der Waals surface area contributed by atoms with Gasteiger partial charge in [0.1, 0.15) is 4.32 Å². The summed E-state index contributed by atoms with van der Waals surface area (Å²) in [6.07, 6.45) is 6.31. The fraction of sp³-hybridized carbons (Fsp3) is 0.667. The zero-order chi connectivity index (χ0) is 8.77. The van der Waals surface area contributed by atoms with Gasteiger partial charge in [-0.1, -0.05) is 28.1 Å². The van der Waals surface area contributed by atoms with Gasteiger partial charge >= 0.3 is 5.97 Å². The summed E-state index contributed by atoms with van der Waals surface area (Å²) in [5.74, 6) is 0.794. The van der Waals surface area contributed by atoms with Crippen molar-refractivity contribution in [1.29, 1.82) is 0 Å². The number of carbonyl (C=O) groups excluding carboxylic acids is 1. The highest BCUT2D eigenvalue weighted by Gasteiger charge is 2.52. The number of fused-ring (bicyclic) bond motifs is 2. The fourth-order valence-electron chi connectivity index (χ4n) is 2.20. The number of esters is 1.